The van der Waals surface area contributed by atoms with Crippen molar-refractivity contribution < 1.29 is 9.84 Å². The van der Waals surface area contributed by atoms with Gasteiger partial charge in [-0.15, -0.1) is 0 Å². The van der Waals surface area contributed by atoms with E-state index in [1.807, 2.05) is 18.2 Å². The first-order valence-corrected chi connectivity index (χ1v) is 8.25. The van der Waals surface area contributed by atoms with Crippen LogP contribution in [0.25, 0.3) is 0 Å². The maximum atomic E-state index is 9.83. The van der Waals surface area contributed by atoms with Gasteiger partial charge in [0.2, 0.25) is 0 Å². The second-order valence-electron chi connectivity index (χ2n) is 4.79. The molecular weight excluding hydrogens is 342 g/mol. The Balaban J connectivity index is 2.14. The van der Waals surface area contributed by atoms with Gasteiger partial charge in [0, 0.05) is 28.3 Å². The number of unbranched alkanes of at least 4 members (excludes halogenated alkanes) is 3. The second kappa shape index (κ2) is 10.4. The Kier molecular flexibility index (Phi) is 9.27. The molecule has 0 heterocycles. The topological polar surface area (TPSA) is 41.5 Å². The summed E-state index contributed by atoms with van der Waals surface area (Å²) in [7, 11) is 0. The van der Waals surface area contributed by atoms with Gasteiger partial charge in [0.25, 0.3) is 0 Å². The largest absolute Gasteiger partial charge is 0.389 e. The van der Waals surface area contributed by atoms with Crippen molar-refractivity contribution in [3.05, 3.63) is 27.7 Å². The Hall–Kier alpha value is -0.290. The van der Waals surface area contributed by atoms with Crippen molar-refractivity contribution in [1.29, 1.82) is 0 Å². The van der Waals surface area contributed by atoms with Crippen LogP contribution < -0.4 is 5.32 Å². The van der Waals surface area contributed by atoms with E-state index >= 15 is 0 Å². The molecular formula is C15H23BrClNO2. The van der Waals surface area contributed by atoms with Gasteiger partial charge in [0.05, 0.1) is 12.7 Å². The zero-order valence-electron chi connectivity index (χ0n) is 11.9. The Morgan fingerprint density at radius 3 is 2.85 bits per heavy atom. The number of aliphatic hydroxyl groups excluding tert-OH is 1. The lowest BCUT2D eigenvalue weighted by atomic mass is 10.2. The van der Waals surface area contributed by atoms with Crippen molar-refractivity contribution >= 4 is 33.2 Å². The lowest BCUT2D eigenvalue weighted by Gasteiger charge is -2.14. The summed E-state index contributed by atoms with van der Waals surface area (Å²) in [5, 5.41) is 13.7. The van der Waals surface area contributed by atoms with Gasteiger partial charge < -0.3 is 15.2 Å². The van der Waals surface area contributed by atoms with Crippen LogP contribution >= 0.6 is 27.5 Å². The van der Waals surface area contributed by atoms with Crippen LogP contribution in [0.2, 0.25) is 5.02 Å². The van der Waals surface area contributed by atoms with E-state index in [9.17, 15) is 5.11 Å². The summed E-state index contributed by atoms with van der Waals surface area (Å²) in [6.07, 6.45) is 4.23. The molecule has 2 N–H and O–H groups in total. The van der Waals surface area contributed by atoms with E-state index in [1.54, 1.807) is 0 Å². The molecule has 3 nitrogen and oxygen atoms in total. The van der Waals surface area contributed by atoms with Crippen molar-refractivity contribution in [2.75, 3.05) is 25.1 Å². The number of rotatable bonds is 10. The Morgan fingerprint density at radius 2 is 2.15 bits per heavy atom. The first-order valence-electron chi connectivity index (χ1n) is 7.08. The van der Waals surface area contributed by atoms with E-state index in [0.717, 1.165) is 23.2 Å². The molecule has 0 fully saturated rings. The molecule has 0 radical (unpaired) electrons. The number of halogens is 2. The van der Waals surface area contributed by atoms with Gasteiger partial charge in [-0.25, -0.2) is 0 Å². The number of ether oxygens (including phenoxy) is 1. The summed E-state index contributed by atoms with van der Waals surface area (Å²) in [5.74, 6) is 0. The monoisotopic (exact) mass is 363 g/mol. The minimum Gasteiger partial charge on any atom is -0.389 e. The number of aliphatic hydroxyl groups is 1. The Morgan fingerprint density at radius 1 is 1.35 bits per heavy atom. The summed E-state index contributed by atoms with van der Waals surface area (Å²) < 4.78 is 6.34. The predicted octanol–water partition coefficient (Wildman–Crippen LogP) is 4.47. The lowest BCUT2D eigenvalue weighted by molar-refractivity contribution is 0.0416. The zero-order chi connectivity index (χ0) is 14.8. The van der Waals surface area contributed by atoms with Crippen LogP contribution in [0.1, 0.15) is 32.6 Å². The fraction of sp³-hybridized carbons (Fsp3) is 0.600. The fourth-order valence-electron chi connectivity index (χ4n) is 1.77. The molecule has 1 atom stereocenters. The number of benzene rings is 1. The molecule has 1 aromatic carbocycles. The molecule has 1 unspecified atom stereocenters. The van der Waals surface area contributed by atoms with Crippen molar-refractivity contribution in [2.45, 2.75) is 38.7 Å². The third kappa shape index (κ3) is 7.48. The average Bonchev–Trinajstić information content (AvgIpc) is 2.41. The third-order valence-corrected chi connectivity index (χ3v) is 3.80. The van der Waals surface area contributed by atoms with E-state index in [1.165, 1.54) is 19.3 Å². The average molecular weight is 365 g/mol. The molecule has 1 rings (SSSR count). The number of anilines is 1. The van der Waals surface area contributed by atoms with Crippen LogP contribution in [-0.2, 0) is 4.74 Å². The summed E-state index contributed by atoms with van der Waals surface area (Å²) in [6.45, 7) is 3.73. The SMILES string of the molecule is CCCCCCOCC(O)CNc1ccc(Cl)cc1Br. The molecule has 1 aromatic rings. The maximum absolute atomic E-state index is 9.83. The minimum atomic E-state index is -0.510. The molecule has 0 saturated heterocycles. The van der Waals surface area contributed by atoms with Gasteiger partial charge in [-0.05, 0) is 40.5 Å². The molecule has 20 heavy (non-hydrogen) atoms. The molecule has 5 heteroatoms. The third-order valence-electron chi connectivity index (χ3n) is 2.91. The van der Waals surface area contributed by atoms with E-state index < -0.39 is 6.10 Å². The van der Waals surface area contributed by atoms with Gasteiger partial charge in [0.1, 0.15) is 0 Å². The minimum absolute atomic E-state index is 0.365. The molecule has 114 valence electrons. The highest BCUT2D eigenvalue weighted by Gasteiger charge is 2.06. The van der Waals surface area contributed by atoms with E-state index in [4.69, 9.17) is 16.3 Å². The summed E-state index contributed by atoms with van der Waals surface area (Å²) in [6, 6.07) is 5.51. The first kappa shape index (κ1) is 17.8. The second-order valence-corrected chi connectivity index (χ2v) is 6.09. The Labute approximate surface area is 134 Å². The van der Waals surface area contributed by atoms with E-state index in [2.05, 4.69) is 28.2 Å². The summed E-state index contributed by atoms with van der Waals surface area (Å²) in [4.78, 5) is 0. The normalized spacial score (nSPS) is 12.4. The van der Waals surface area contributed by atoms with Gasteiger partial charge in [-0.2, -0.15) is 0 Å². The standard InChI is InChI=1S/C15H23BrClNO2/c1-2-3-4-5-8-20-11-13(19)10-18-15-7-6-12(17)9-14(15)16/h6-7,9,13,18-19H,2-5,8,10-11H2,1H3. The molecule has 0 amide bonds. The quantitative estimate of drug-likeness (QED) is 0.602. The van der Waals surface area contributed by atoms with Crippen LogP contribution in [0.5, 0.6) is 0 Å². The zero-order valence-corrected chi connectivity index (χ0v) is 14.2. The molecule has 0 spiro atoms. The van der Waals surface area contributed by atoms with Gasteiger partial charge in [-0.3, -0.25) is 0 Å². The van der Waals surface area contributed by atoms with Gasteiger partial charge in [0.15, 0.2) is 0 Å². The van der Waals surface area contributed by atoms with Crippen LogP contribution in [0.15, 0.2) is 22.7 Å². The van der Waals surface area contributed by atoms with E-state index in [0.29, 0.717) is 18.2 Å². The van der Waals surface area contributed by atoms with Crippen molar-refractivity contribution in [2.24, 2.45) is 0 Å². The number of hydrogen-bond acceptors (Lipinski definition) is 3. The predicted molar refractivity (Wildman–Crippen MR) is 88.6 cm³/mol. The van der Waals surface area contributed by atoms with Gasteiger partial charge in [-0.1, -0.05) is 37.8 Å². The molecule has 0 aliphatic carbocycles. The van der Waals surface area contributed by atoms with E-state index in [-0.39, 0.29) is 0 Å². The fourth-order valence-corrected chi connectivity index (χ4v) is 2.59. The molecule has 0 bridgehead atoms. The maximum Gasteiger partial charge on any atom is 0.0945 e. The molecule has 0 saturated carbocycles. The smallest absolute Gasteiger partial charge is 0.0945 e. The van der Waals surface area contributed by atoms with Crippen LogP contribution in [0.3, 0.4) is 0 Å². The number of hydrogen-bond donors (Lipinski definition) is 2. The van der Waals surface area contributed by atoms with Crippen LogP contribution in [-0.4, -0.2) is 31.0 Å². The lowest BCUT2D eigenvalue weighted by Crippen LogP contribution is -2.25. The van der Waals surface area contributed by atoms with Crippen LogP contribution in [0, 0.1) is 0 Å². The highest BCUT2D eigenvalue weighted by Crippen LogP contribution is 2.25. The highest BCUT2D eigenvalue weighted by molar-refractivity contribution is 9.10. The first-order chi connectivity index (χ1) is 9.63. The molecule has 0 aliphatic heterocycles. The van der Waals surface area contributed by atoms with Gasteiger partial charge >= 0.3 is 0 Å². The van der Waals surface area contributed by atoms with Crippen LogP contribution in [0.4, 0.5) is 5.69 Å². The summed E-state index contributed by atoms with van der Waals surface area (Å²) in [5.41, 5.74) is 0.913. The van der Waals surface area contributed by atoms with Crippen molar-refractivity contribution in [3.63, 3.8) is 0 Å². The van der Waals surface area contributed by atoms with Crippen molar-refractivity contribution in [3.8, 4) is 0 Å². The molecule has 0 aromatic heterocycles. The molecule has 0 aliphatic rings. The Bertz CT molecular complexity index is 390. The number of nitrogens with one attached hydrogen (secondary N) is 1. The van der Waals surface area contributed by atoms with Crippen molar-refractivity contribution in [1.82, 2.24) is 0 Å². The summed E-state index contributed by atoms with van der Waals surface area (Å²) >= 11 is 9.30. The highest BCUT2D eigenvalue weighted by atomic mass is 79.9.